The van der Waals surface area contributed by atoms with Crippen molar-refractivity contribution in [1.82, 2.24) is 0 Å². The zero-order valence-corrected chi connectivity index (χ0v) is 9.81. The molecule has 0 aromatic carbocycles. The molecule has 0 aliphatic rings. The molecule has 2 nitrogen and oxygen atoms in total. The molecule has 0 heterocycles. The lowest BCUT2D eigenvalue weighted by atomic mass is 10.1. The van der Waals surface area contributed by atoms with Gasteiger partial charge < -0.3 is 10.8 Å². The molecule has 3 heteroatoms. The molecular formula is C10H23NOS. The van der Waals surface area contributed by atoms with Crippen LogP contribution in [0.25, 0.3) is 0 Å². The number of aliphatic hydroxyl groups is 1. The van der Waals surface area contributed by atoms with Crippen molar-refractivity contribution in [3.8, 4) is 0 Å². The monoisotopic (exact) mass is 205 g/mol. The van der Waals surface area contributed by atoms with Crippen molar-refractivity contribution in [3.05, 3.63) is 0 Å². The Labute approximate surface area is 86.3 Å². The molecule has 0 radical (unpaired) electrons. The lowest BCUT2D eigenvalue weighted by Gasteiger charge is -2.23. The fraction of sp³-hybridized carbons (Fsp3) is 1.00. The Morgan fingerprint density at radius 1 is 1.38 bits per heavy atom. The summed E-state index contributed by atoms with van der Waals surface area (Å²) in [6, 6.07) is 0.147. The second-order valence-electron chi connectivity index (χ2n) is 3.53. The highest BCUT2D eigenvalue weighted by atomic mass is 32.2. The molecule has 3 unspecified atom stereocenters. The van der Waals surface area contributed by atoms with E-state index in [0.29, 0.717) is 5.25 Å². The maximum Gasteiger partial charge on any atom is 0.0565 e. The quantitative estimate of drug-likeness (QED) is 0.668. The van der Waals surface area contributed by atoms with Crippen molar-refractivity contribution in [2.24, 2.45) is 5.73 Å². The van der Waals surface area contributed by atoms with Crippen molar-refractivity contribution in [2.45, 2.75) is 56.6 Å². The molecule has 13 heavy (non-hydrogen) atoms. The average Bonchev–Trinajstić information content (AvgIpc) is 2.14. The molecule has 80 valence electrons. The summed E-state index contributed by atoms with van der Waals surface area (Å²) in [4.78, 5) is 0. The number of aliphatic hydroxyl groups excluding tert-OH is 1. The average molecular weight is 205 g/mol. The molecule has 0 aromatic rings. The summed E-state index contributed by atoms with van der Waals surface area (Å²) in [5.74, 6) is 0. The fourth-order valence-corrected chi connectivity index (χ4v) is 2.41. The molecule has 0 aliphatic carbocycles. The molecule has 0 aliphatic heterocycles. The Morgan fingerprint density at radius 2 is 2.00 bits per heavy atom. The smallest absolute Gasteiger partial charge is 0.0565 e. The summed E-state index contributed by atoms with van der Waals surface area (Å²) in [5, 5.41) is 9.98. The molecule has 0 fully saturated rings. The molecule has 3 atom stereocenters. The van der Waals surface area contributed by atoms with Crippen LogP contribution >= 0.6 is 11.8 Å². The molecule has 0 aromatic heterocycles. The lowest BCUT2D eigenvalue weighted by molar-refractivity contribution is 0.279. The first-order valence-electron chi connectivity index (χ1n) is 5.17. The standard InChI is InChI=1S/C10H23NOS/c1-4-6-9(11)10(7-12)13-8(3)5-2/h8-10,12H,4-7,11H2,1-3H3. The van der Waals surface area contributed by atoms with Crippen LogP contribution in [0, 0.1) is 0 Å². The zero-order valence-electron chi connectivity index (χ0n) is 8.99. The predicted molar refractivity (Wildman–Crippen MR) is 61.1 cm³/mol. The third-order valence-corrected chi connectivity index (χ3v) is 3.91. The van der Waals surface area contributed by atoms with Gasteiger partial charge >= 0.3 is 0 Å². The number of nitrogens with two attached hydrogens (primary N) is 1. The van der Waals surface area contributed by atoms with Gasteiger partial charge in [0.2, 0.25) is 0 Å². The largest absolute Gasteiger partial charge is 0.395 e. The van der Waals surface area contributed by atoms with E-state index in [0.717, 1.165) is 19.3 Å². The first-order valence-corrected chi connectivity index (χ1v) is 6.11. The van der Waals surface area contributed by atoms with Crippen LogP contribution in [0.1, 0.15) is 40.0 Å². The van der Waals surface area contributed by atoms with E-state index in [1.54, 1.807) is 0 Å². The van der Waals surface area contributed by atoms with Gasteiger partial charge in [-0.05, 0) is 12.8 Å². The van der Waals surface area contributed by atoms with Gasteiger partial charge in [-0.2, -0.15) is 11.8 Å². The number of hydrogen-bond donors (Lipinski definition) is 2. The number of rotatable bonds is 7. The van der Waals surface area contributed by atoms with Crippen molar-refractivity contribution < 1.29 is 5.11 Å². The van der Waals surface area contributed by atoms with E-state index in [1.807, 2.05) is 11.8 Å². The summed E-state index contributed by atoms with van der Waals surface area (Å²) >= 11 is 1.82. The Bertz CT molecular complexity index is 121. The van der Waals surface area contributed by atoms with Crippen LogP contribution in [-0.4, -0.2) is 28.3 Å². The first-order chi connectivity index (χ1) is 6.15. The first kappa shape index (κ1) is 13.3. The van der Waals surface area contributed by atoms with Crippen LogP contribution < -0.4 is 5.73 Å². The van der Waals surface area contributed by atoms with Crippen LogP contribution in [0.3, 0.4) is 0 Å². The number of hydrogen-bond acceptors (Lipinski definition) is 3. The highest BCUT2D eigenvalue weighted by Gasteiger charge is 2.18. The summed E-state index contributed by atoms with van der Waals surface area (Å²) in [6.07, 6.45) is 3.24. The molecular weight excluding hydrogens is 182 g/mol. The second kappa shape index (κ2) is 7.65. The maximum absolute atomic E-state index is 9.17. The topological polar surface area (TPSA) is 46.2 Å². The van der Waals surface area contributed by atoms with Gasteiger partial charge in [0.25, 0.3) is 0 Å². The van der Waals surface area contributed by atoms with Crippen molar-refractivity contribution in [2.75, 3.05) is 6.61 Å². The van der Waals surface area contributed by atoms with E-state index in [-0.39, 0.29) is 17.9 Å². The molecule has 0 saturated heterocycles. The fourth-order valence-electron chi connectivity index (χ4n) is 1.19. The van der Waals surface area contributed by atoms with E-state index in [2.05, 4.69) is 20.8 Å². The van der Waals surface area contributed by atoms with E-state index in [4.69, 9.17) is 10.8 Å². The van der Waals surface area contributed by atoms with Gasteiger partial charge in [-0.1, -0.05) is 27.2 Å². The van der Waals surface area contributed by atoms with Gasteiger partial charge in [-0.3, -0.25) is 0 Å². The summed E-state index contributed by atoms with van der Waals surface area (Å²) < 4.78 is 0. The van der Waals surface area contributed by atoms with Crippen molar-refractivity contribution in [1.29, 1.82) is 0 Å². The third-order valence-electron chi connectivity index (χ3n) is 2.26. The minimum absolute atomic E-state index is 0.147. The molecule has 0 bridgehead atoms. The van der Waals surface area contributed by atoms with E-state index >= 15 is 0 Å². The van der Waals surface area contributed by atoms with Crippen molar-refractivity contribution in [3.63, 3.8) is 0 Å². The Morgan fingerprint density at radius 3 is 2.38 bits per heavy atom. The van der Waals surface area contributed by atoms with Gasteiger partial charge in [0.15, 0.2) is 0 Å². The van der Waals surface area contributed by atoms with Crippen LogP contribution in [0.15, 0.2) is 0 Å². The van der Waals surface area contributed by atoms with Gasteiger partial charge in [0, 0.05) is 16.5 Å². The highest BCUT2D eigenvalue weighted by Crippen LogP contribution is 2.23. The SMILES string of the molecule is CCCC(N)C(CO)SC(C)CC. The second-order valence-corrected chi connectivity index (χ2v) is 5.21. The molecule has 0 rings (SSSR count). The van der Waals surface area contributed by atoms with Crippen molar-refractivity contribution >= 4 is 11.8 Å². The zero-order chi connectivity index (χ0) is 10.3. The van der Waals surface area contributed by atoms with Gasteiger partial charge in [0.05, 0.1) is 6.61 Å². The molecule has 0 amide bonds. The summed E-state index contributed by atoms with van der Waals surface area (Å²) in [6.45, 7) is 6.68. The van der Waals surface area contributed by atoms with Crippen LogP contribution in [-0.2, 0) is 0 Å². The number of thioether (sulfide) groups is 1. The van der Waals surface area contributed by atoms with Gasteiger partial charge in [0.1, 0.15) is 0 Å². The van der Waals surface area contributed by atoms with Crippen LogP contribution in [0.4, 0.5) is 0 Å². The lowest BCUT2D eigenvalue weighted by Crippen LogP contribution is -2.35. The van der Waals surface area contributed by atoms with E-state index in [1.165, 1.54) is 0 Å². The summed E-state index contributed by atoms with van der Waals surface area (Å²) in [7, 11) is 0. The van der Waals surface area contributed by atoms with E-state index < -0.39 is 0 Å². The molecule has 3 N–H and O–H groups in total. The minimum atomic E-state index is 0.147. The Hall–Kier alpha value is 0.270. The van der Waals surface area contributed by atoms with Crippen LogP contribution in [0.2, 0.25) is 0 Å². The minimum Gasteiger partial charge on any atom is -0.395 e. The summed E-state index contributed by atoms with van der Waals surface area (Å²) in [5.41, 5.74) is 5.96. The molecule has 0 saturated carbocycles. The normalized spacial score (nSPS) is 18.2. The Balaban J connectivity index is 3.86. The molecule has 0 spiro atoms. The van der Waals surface area contributed by atoms with E-state index in [9.17, 15) is 0 Å². The van der Waals surface area contributed by atoms with Crippen LogP contribution in [0.5, 0.6) is 0 Å². The van der Waals surface area contributed by atoms with Gasteiger partial charge in [-0.25, -0.2) is 0 Å². The highest BCUT2D eigenvalue weighted by molar-refractivity contribution is 8.00. The van der Waals surface area contributed by atoms with Gasteiger partial charge in [-0.15, -0.1) is 0 Å². The predicted octanol–water partition coefficient (Wildman–Crippen LogP) is 2.01. The third kappa shape index (κ3) is 5.55. The Kier molecular flexibility index (Phi) is 7.81. The maximum atomic E-state index is 9.17.